The summed E-state index contributed by atoms with van der Waals surface area (Å²) in [4.78, 5) is 8.68. The maximum Gasteiger partial charge on any atom is 0.152 e. The lowest BCUT2D eigenvalue weighted by atomic mass is 10.1. The molecule has 0 aromatic carbocycles. The summed E-state index contributed by atoms with van der Waals surface area (Å²) in [6.45, 7) is 0.440. The van der Waals surface area contributed by atoms with Crippen LogP contribution in [0.1, 0.15) is 5.69 Å². The van der Waals surface area contributed by atoms with E-state index in [4.69, 9.17) is 5.73 Å². The first-order valence-electron chi connectivity index (χ1n) is 5.57. The van der Waals surface area contributed by atoms with E-state index >= 15 is 0 Å². The molecule has 0 fully saturated rings. The molecule has 3 aromatic heterocycles. The first-order chi connectivity index (χ1) is 8.81. The summed E-state index contributed by atoms with van der Waals surface area (Å²) in [5, 5.41) is 0. The molecule has 3 heterocycles. The van der Waals surface area contributed by atoms with Crippen LogP contribution in [0.2, 0.25) is 0 Å². The predicted octanol–water partition coefficient (Wildman–Crippen LogP) is 2.62. The number of hydrogen-bond acceptors (Lipinski definition) is 3. The fraction of sp³-hybridized carbons (Fsp3) is 0.0769. The highest BCUT2D eigenvalue weighted by atomic mass is 79.9. The molecule has 0 aliphatic rings. The van der Waals surface area contributed by atoms with Crippen LogP contribution < -0.4 is 5.73 Å². The van der Waals surface area contributed by atoms with Crippen LogP contribution in [-0.4, -0.2) is 14.4 Å². The van der Waals surface area contributed by atoms with Gasteiger partial charge in [-0.05, 0) is 40.2 Å². The SMILES string of the molecule is NCc1c(-c2ccncc2)nc2c(Br)cccn12. The molecule has 90 valence electrons. The zero-order valence-electron chi connectivity index (χ0n) is 9.55. The van der Waals surface area contributed by atoms with E-state index in [1.807, 2.05) is 34.9 Å². The lowest BCUT2D eigenvalue weighted by Crippen LogP contribution is -2.02. The Hall–Kier alpha value is -1.72. The molecule has 0 radical (unpaired) electrons. The van der Waals surface area contributed by atoms with Gasteiger partial charge in [0.1, 0.15) is 0 Å². The quantitative estimate of drug-likeness (QED) is 0.792. The highest BCUT2D eigenvalue weighted by Crippen LogP contribution is 2.26. The van der Waals surface area contributed by atoms with Gasteiger partial charge in [0.2, 0.25) is 0 Å². The van der Waals surface area contributed by atoms with Gasteiger partial charge in [-0.2, -0.15) is 0 Å². The van der Waals surface area contributed by atoms with Gasteiger partial charge in [-0.15, -0.1) is 0 Å². The first kappa shape index (κ1) is 11.4. The average Bonchev–Trinajstić information content (AvgIpc) is 2.80. The van der Waals surface area contributed by atoms with Gasteiger partial charge in [0.05, 0.1) is 15.9 Å². The van der Waals surface area contributed by atoms with E-state index in [1.54, 1.807) is 12.4 Å². The highest BCUT2D eigenvalue weighted by Gasteiger charge is 2.13. The number of aromatic nitrogens is 3. The number of nitrogens with two attached hydrogens (primary N) is 1. The van der Waals surface area contributed by atoms with Gasteiger partial charge in [0.25, 0.3) is 0 Å². The number of fused-ring (bicyclic) bond motifs is 1. The van der Waals surface area contributed by atoms with Gasteiger partial charge in [-0.1, -0.05) is 0 Å². The Morgan fingerprint density at radius 2 is 2.00 bits per heavy atom. The molecule has 0 saturated carbocycles. The fourth-order valence-corrected chi connectivity index (χ4v) is 2.45. The lowest BCUT2D eigenvalue weighted by Gasteiger charge is -2.01. The molecule has 0 amide bonds. The molecule has 3 aromatic rings. The van der Waals surface area contributed by atoms with E-state index in [9.17, 15) is 0 Å². The van der Waals surface area contributed by atoms with Gasteiger partial charge in [-0.25, -0.2) is 4.98 Å². The second-order valence-electron chi connectivity index (χ2n) is 3.90. The molecule has 18 heavy (non-hydrogen) atoms. The molecule has 0 saturated heterocycles. The van der Waals surface area contributed by atoms with Crippen LogP contribution in [0.3, 0.4) is 0 Å². The zero-order chi connectivity index (χ0) is 12.5. The Morgan fingerprint density at radius 3 is 2.72 bits per heavy atom. The number of hydrogen-bond donors (Lipinski definition) is 1. The Kier molecular flexibility index (Phi) is 2.85. The Balaban J connectivity index is 2.33. The van der Waals surface area contributed by atoms with Gasteiger partial charge >= 0.3 is 0 Å². The third kappa shape index (κ3) is 1.72. The van der Waals surface area contributed by atoms with Crippen molar-refractivity contribution in [3.05, 3.63) is 53.0 Å². The van der Waals surface area contributed by atoms with Crippen molar-refractivity contribution in [2.75, 3.05) is 0 Å². The molecule has 0 spiro atoms. The van der Waals surface area contributed by atoms with Gasteiger partial charge < -0.3 is 10.1 Å². The highest BCUT2D eigenvalue weighted by molar-refractivity contribution is 9.10. The van der Waals surface area contributed by atoms with Crippen molar-refractivity contribution in [3.63, 3.8) is 0 Å². The van der Waals surface area contributed by atoms with Crippen molar-refractivity contribution < 1.29 is 0 Å². The molecule has 4 nitrogen and oxygen atoms in total. The van der Waals surface area contributed by atoms with Gasteiger partial charge in [0.15, 0.2) is 5.65 Å². The van der Waals surface area contributed by atoms with Crippen LogP contribution in [0.15, 0.2) is 47.3 Å². The largest absolute Gasteiger partial charge is 0.325 e. The number of pyridine rings is 2. The Bertz CT molecular complexity index is 691. The van der Waals surface area contributed by atoms with E-state index < -0.39 is 0 Å². The van der Waals surface area contributed by atoms with Gasteiger partial charge in [0, 0.05) is 30.7 Å². The molecule has 2 N–H and O–H groups in total. The summed E-state index contributed by atoms with van der Waals surface area (Å²) in [7, 11) is 0. The minimum absolute atomic E-state index is 0.440. The Labute approximate surface area is 113 Å². The van der Waals surface area contributed by atoms with Crippen molar-refractivity contribution in [2.45, 2.75) is 6.54 Å². The number of imidazole rings is 1. The van der Waals surface area contributed by atoms with Crippen molar-refractivity contribution in [1.82, 2.24) is 14.4 Å². The van der Waals surface area contributed by atoms with Crippen LogP contribution in [0.5, 0.6) is 0 Å². The summed E-state index contributed by atoms with van der Waals surface area (Å²) in [6, 6.07) is 7.82. The molecule has 0 unspecified atom stereocenters. The number of nitrogens with zero attached hydrogens (tertiary/aromatic N) is 3. The maximum absolute atomic E-state index is 5.86. The minimum atomic E-state index is 0.440. The molecular weight excluding hydrogens is 292 g/mol. The van der Waals surface area contributed by atoms with Crippen molar-refractivity contribution >= 4 is 21.6 Å². The standard InChI is InChI=1S/C13H11BrN4/c14-10-2-1-7-18-11(8-15)12(17-13(10)18)9-3-5-16-6-4-9/h1-7H,8,15H2. The van der Waals surface area contributed by atoms with Crippen LogP contribution in [0.25, 0.3) is 16.9 Å². The third-order valence-corrected chi connectivity index (χ3v) is 3.47. The summed E-state index contributed by atoms with van der Waals surface area (Å²) >= 11 is 3.51. The third-order valence-electron chi connectivity index (χ3n) is 2.85. The molecular formula is C13H11BrN4. The second kappa shape index (κ2) is 4.51. The van der Waals surface area contributed by atoms with Crippen LogP contribution in [0.4, 0.5) is 0 Å². The number of halogens is 1. The fourth-order valence-electron chi connectivity index (χ4n) is 2.02. The molecule has 5 heteroatoms. The lowest BCUT2D eigenvalue weighted by molar-refractivity contribution is 0.960. The molecule has 0 bridgehead atoms. The summed E-state index contributed by atoms with van der Waals surface area (Å²) < 4.78 is 2.97. The first-order valence-corrected chi connectivity index (χ1v) is 6.36. The van der Waals surface area contributed by atoms with E-state index in [0.29, 0.717) is 6.54 Å². The normalized spacial score (nSPS) is 11.0. The van der Waals surface area contributed by atoms with E-state index in [0.717, 1.165) is 27.1 Å². The molecule has 0 aliphatic carbocycles. The van der Waals surface area contributed by atoms with Crippen LogP contribution >= 0.6 is 15.9 Å². The summed E-state index contributed by atoms with van der Waals surface area (Å²) in [6.07, 6.45) is 5.49. The van der Waals surface area contributed by atoms with Crippen molar-refractivity contribution in [2.24, 2.45) is 5.73 Å². The van der Waals surface area contributed by atoms with Crippen molar-refractivity contribution in [1.29, 1.82) is 0 Å². The van der Waals surface area contributed by atoms with E-state index in [2.05, 4.69) is 25.9 Å². The zero-order valence-corrected chi connectivity index (χ0v) is 11.1. The molecule has 0 aliphatic heterocycles. The summed E-state index contributed by atoms with van der Waals surface area (Å²) in [5.41, 5.74) is 9.67. The van der Waals surface area contributed by atoms with E-state index in [1.165, 1.54) is 0 Å². The molecule has 0 atom stereocenters. The summed E-state index contributed by atoms with van der Waals surface area (Å²) in [5.74, 6) is 0. The predicted molar refractivity (Wildman–Crippen MR) is 74.0 cm³/mol. The monoisotopic (exact) mass is 302 g/mol. The average molecular weight is 303 g/mol. The topological polar surface area (TPSA) is 56.2 Å². The minimum Gasteiger partial charge on any atom is -0.325 e. The van der Waals surface area contributed by atoms with Gasteiger partial charge in [-0.3, -0.25) is 4.98 Å². The van der Waals surface area contributed by atoms with Crippen LogP contribution in [0, 0.1) is 0 Å². The Morgan fingerprint density at radius 1 is 1.22 bits per heavy atom. The number of rotatable bonds is 2. The molecule has 3 rings (SSSR count). The van der Waals surface area contributed by atoms with Crippen LogP contribution in [-0.2, 0) is 6.54 Å². The van der Waals surface area contributed by atoms with Crippen molar-refractivity contribution in [3.8, 4) is 11.3 Å². The maximum atomic E-state index is 5.86. The smallest absolute Gasteiger partial charge is 0.152 e. The second-order valence-corrected chi connectivity index (χ2v) is 4.75. The van der Waals surface area contributed by atoms with E-state index in [-0.39, 0.29) is 0 Å².